The molecular formula is C10H11BrF3NOS2. The molecule has 0 radical (unpaired) electrons. The first kappa shape index (κ1) is 16.0. The summed E-state index contributed by atoms with van der Waals surface area (Å²) in [5, 5.41) is 0. The molecule has 0 aliphatic rings. The Hall–Kier alpha value is -0.0500. The summed E-state index contributed by atoms with van der Waals surface area (Å²) in [4.78, 5) is -0.405. The number of nitrogens with zero attached hydrogens (tertiary/aromatic N) is 1. The first-order valence-corrected chi connectivity index (χ1v) is 7.56. The quantitative estimate of drug-likeness (QED) is 0.567. The highest BCUT2D eigenvalue weighted by Crippen LogP contribution is 2.40. The second-order valence-corrected chi connectivity index (χ2v) is 8.29. The smallest absolute Gasteiger partial charge is 0.426 e. The van der Waals surface area contributed by atoms with Crippen molar-refractivity contribution in [2.75, 3.05) is 0 Å². The average molecular weight is 362 g/mol. The molecule has 0 fully saturated rings. The molecule has 1 heterocycles. The molecule has 1 atom stereocenters. The molecule has 0 aliphatic heterocycles. The zero-order valence-corrected chi connectivity index (χ0v) is 13.1. The van der Waals surface area contributed by atoms with Crippen molar-refractivity contribution in [3.63, 3.8) is 0 Å². The van der Waals surface area contributed by atoms with E-state index in [-0.39, 0.29) is 4.47 Å². The van der Waals surface area contributed by atoms with E-state index in [4.69, 9.17) is 0 Å². The highest BCUT2D eigenvalue weighted by molar-refractivity contribution is 9.10. The van der Waals surface area contributed by atoms with Crippen LogP contribution in [-0.2, 0) is 17.5 Å². The third kappa shape index (κ3) is 4.25. The number of hydrogen-bond donors (Lipinski definition) is 0. The maximum atomic E-state index is 12.5. The van der Waals surface area contributed by atoms with Crippen LogP contribution in [0, 0.1) is 0 Å². The topological polar surface area (TPSA) is 35.4 Å². The largest absolute Gasteiger partial charge is 0.591 e. The maximum absolute atomic E-state index is 12.5. The van der Waals surface area contributed by atoms with Gasteiger partial charge < -0.3 is 4.55 Å². The minimum absolute atomic E-state index is 0.0250. The van der Waals surface area contributed by atoms with Gasteiger partial charge >= 0.3 is 6.18 Å². The van der Waals surface area contributed by atoms with Gasteiger partial charge in [0.1, 0.15) is 21.0 Å². The average Bonchev–Trinajstić information content (AvgIpc) is 2.54. The van der Waals surface area contributed by atoms with Crippen molar-refractivity contribution in [3.05, 3.63) is 20.3 Å². The second-order valence-electron chi connectivity index (χ2n) is 4.42. The molecular weight excluding hydrogens is 351 g/mol. The monoisotopic (exact) mass is 361 g/mol. The van der Waals surface area contributed by atoms with E-state index in [1.807, 2.05) is 0 Å². The Kier molecular flexibility index (Phi) is 4.91. The van der Waals surface area contributed by atoms with E-state index in [1.165, 1.54) is 12.3 Å². The van der Waals surface area contributed by atoms with Crippen molar-refractivity contribution >= 4 is 44.8 Å². The van der Waals surface area contributed by atoms with Gasteiger partial charge in [0.2, 0.25) is 0 Å². The summed E-state index contributed by atoms with van der Waals surface area (Å²) in [6, 6.07) is 1.32. The molecule has 0 saturated heterocycles. The minimum Gasteiger partial charge on any atom is -0.591 e. The van der Waals surface area contributed by atoms with Crippen LogP contribution in [-0.4, -0.2) is 15.5 Å². The van der Waals surface area contributed by atoms with E-state index >= 15 is 0 Å². The van der Waals surface area contributed by atoms with Gasteiger partial charge in [0, 0.05) is 4.47 Å². The van der Waals surface area contributed by atoms with Crippen molar-refractivity contribution in [3.8, 4) is 0 Å². The van der Waals surface area contributed by atoms with Gasteiger partial charge in [-0.2, -0.15) is 13.2 Å². The summed E-state index contributed by atoms with van der Waals surface area (Å²) < 4.78 is 52.4. The van der Waals surface area contributed by atoms with Crippen molar-refractivity contribution in [1.82, 2.24) is 0 Å². The van der Waals surface area contributed by atoms with Crippen LogP contribution in [0.1, 0.15) is 30.5 Å². The molecule has 1 aromatic rings. The Bertz CT molecular complexity index is 451. The highest BCUT2D eigenvalue weighted by Gasteiger charge is 2.35. The predicted molar refractivity (Wildman–Crippen MR) is 72.5 cm³/mol. The van der Waals surface area contributed by atoms with E-state index < -0.39 is 27.2 Å². The molecule has 0 bridgehead atoms. The molecule has 2 nitrogen and oxygen atoms in total. The lowest BCUT2D eigenvalue weighted by Crippen LogP contribution is -2.25. The third-order valence-electron chi connectivity index (χ3n) is 1.76. The molecule has 0 aliphatic carbocycles. The van der Waals surface area contributed by atoms with E-state index in [2.05, 4.69) is 20.3 Å². The summed E-state index contributed by atoms with van der Waals surface area (Å²) in [6.45, 7) is 5.23. The first-order valence-electron chi connectivity index (χ1n) is 4.84. The highest BCUT2D eigenvalue weighted by atomic mass is 79.9. The SMILES string of the molecule is CC(C)(C)[S+]([O-])/N=C/c1cc(Br)c(C(F)(F)F)s1. The van der Waals surface area contributed by atoms with Gasteiger partial charge in [-0.05, 0) is 42.8 Å². The van der Waals surface area contributed by atoms with Crippen LogP contribution < -0.4 is 0 Å². The molecule has 0 spiro atoms. The normalized spacial score (nSPS) is 15.3. The lowest BCUT2D eigenvalue weighted by atomic mass is 10.3. The molecule has 8 heteroatoms. The van der Waals surface area contributed by atoms with Crippen LogP contribution in [0.4, 0.5) is 13.2 Å². The van der Waals surface area contributed by atoms with Gasteiger partial charge in [-0.3, -0.25) is 0 Å². The summed E-state index contributed by atoms with van der Waals surface area (Å²) in [6.07, 6.45) is -3.18. The standard InChI is InChI=1S/C10H11BrF3NOS2/c1-9(2,3)18(16)15-5-6-4-7(11)8(17-6)10(12,13)14/h4-5H,1-3H3/b15-5+. The van der Waals surface area contributed by atoms with E-state index in [1.54, 1.807) is 20.8 Å². The molecule has 18 heavy (non-hydrogen) atoms. The van der Waals surface area contributed by atoms with Crippen molar-refractivity contribution in [1.29, 1.82) is 0 Å². The van der Waals surface area contributed by atoms with Crippen LogP contribution in [0.5, 0.6) is 0 Å². The second kappa shape index (κ2) is 5.52. The van der Waals surface area contributed by atoms with Crippen molar-refractivity contribution in [2.24, 2.45) is 4.40 Å². The van der Waals surface area contributed by atoms with Crippen LogP contribution in [0.3, 0.4) is 0 Å². The Morgan fingerprint density at radius 2 is 1.94 bits per heavy atom. The molecule has 1 rings (SSSR count). The van der Waals surface area contributed by atoms with Crippen molar-refractivity contribution < 1.29 is 17.7 Å². The molecule has 102 valence electrons. The van der Waals surface area contributed by atoms with Gasteiger partial charge in [-0.1, -0.05) is 4.40 Å². The van der Waals surface area contributed by atoms with Crippen LogP contribution in [0.25, 0.3) is 0 Å². The Morgan fingerprint density at radius 1 is 1.39 bits per heavy atom. The van der Waals surface area contributed by atoms with E-state index in [0.717, 1.165) is 0 Å². The minimum atomic E-state index is -4.39. The van der Waals surface area contributed by atoms with Gasteiger partial charge in [0.25, 0.3) is 0 Å². The Morgan fingerprint density at radius 3 is 2.33 bits per heavy atom. The van der Waals surface area contributed by atoms with Crippen LogP contribution in [0.15, 0.2) is 14.9 Å². The van der Waals surface area contributed by atoms with E-state index in [9.17, 15) is 17.7 Å². The molecule has 0 N–H and O–H groups in total. The fourth-order valence-corrected chi connectivity index (χ4v) is 3.15. The predicted octanol–water partition coefficient (Wildman–Crippen LogP) is 4.41. The third-order valence-corrected chi connectivity index (χ3v) is 5.11. The fourth-order valence-electron chi connectivity index (χ4n) is 0.901. The first-order chi connectivity index (χ1) is 8.01. The summed E-state index contributed by atoms with van der Waals surface area (Å²) in [7, 11) is 0. The van der Waals surface area contributed by atoms with Crippen LogP contribution >= 0.6 is 27.3 Å². The number of rotatable bonds is 2. The van der Waals surface area contributed by atoms with Gasteiger partial charge in [-0.15, -0.1) is 11.3 Å². The molecule has 1 aromatic heterocycles. The summed E-state index contributed by atoms with van der Waals surface area (Å²) in [5.74, 6) is 0. The molecule has 1 unspecified atom stereocenters. The zero-order valence-electron chi connectivity index (χ0n) is 9.84. The number of thiophene rings is 1. The molecule has 0 aromatic carbocycles. The summed E-state index contributed by atoms with van der Waals surface area (Å²) in [5.41, 5.74) is 0. The van der Waals surface area contributed by atoms with Crippen molar-refractivity contribution in [2.45, 2.75) is 31.7 Å². The lowest BCUT2D eigenvalue weighted by molar-refractivity contribution is -0.134. The molecule has 0 saturated carbocycles. The number of alkyl halides is 3. The summed E-state index contributed by atoms with van der Waals surface area (Å²) >= 11 is 1.94. The van der Waals surface area contributed by atoms with Gasteiger partial charge in [0.15, 0.2) is 0 Å². The fraction of sp³-hybridized carbons (Fsp3) is 0.500. The number of halogens is 4. The van der Waals surface area contributed by atoms with Gasteiger partial charge in [0.05, 0.1) is 11.1 Å². The van der Waals surface area contributed by atoms with Gasteiger partial charge in [-0.25, -0.2) is 0 Å². The zero-order chi connectivity index (χ0) is 14.1. The van der Waals surface area contributed by atoms with Crippen LogP contribution in [0.2, 0.25) is 0 Å². The Labute approximate surface area is 119 Å². The lowest BCUT2D eigenvalue weighted by Gasteiger charge is -2.17. The maximum Gasteiger partial charge on any atom is 0.426 e. The Balaban J connectivity index is 2.91. The number of hydrogen-bond acceptors (Lipinski definition) is 3. The van der Waals surface area contributed by atoms with E-state index in [0.29, 0.717) is 16.2 Å². The molecule has 0 amide bonds.